The van der Waals surface area contributed by atoms with Gasteiger partial charge in [-0.3, -0.25) is 29.3 Å². The molecular formula is C30H23BrN2O8. The van der Waals surface area contributed by atoms with E-state index in [4.69, 9.17) is 4.74 Å². The fraction of sp³-hybridized carbons (Fsp3) is 0.267. The van der Waals surface area contributed by atoms with Gasteiger partial charge in [0.15, 0.2) is 23.1 Å². The molecule has 1 N–H and O–H groups in total. The molecule has 1 saturated heterocycles. The first-order valence-corrected chi connectivity index (χ1v) is 13.9. The Kier molecular flexibility index (Phi) is 6.49. The zero-order valence-corrected chi connectivity index (χ0v) is 23.3. The van der Waals surface area contributed by atoms with Crippen molar-refractivity contribution < 1.29 is 33.9 Å². The lowest BCUT2D eigenvalue weighted by Crippen LogP contribution is -2.39. The summed E-state index contributed by atoms with van der Waals surface area (Å²) in [5.41, 5.74) is 1.80. The molecule has 1 aliphatic heterocycles. The first-order valence-electron chi connectivity index (χ1n) is 13.1. The second-order valence-corrected chi connectivity index (χ2v) is 11.2. The van der Waals surface area contributed by atoms with Gasteiger partial charge in [0.2, 0.25) is 11.8 Å². The van der Waals surface area contributed by atoms with Gasteiger partial charge in [-0.2, -0.15) is 0 Å². The van der Waals surface area contributed by atoms with Gasteiger partial charge < -0.3 is 9.84 Å². The molecule has 6 rings (SSSR count). The number of non-ortho nitro benzene ring substituents is 1. The minimum Gasteiger partial charge on any atom is -0.504 e. The fourth-order valence-electron chi connectivity index (χ4n) is 6.57. The van der Waals surface area contributed by atoms with Crippen LogP contribution in [0.1, 0.15) is 31.2 Å². The number of nitro benzene ring substituents is 1. The summed E-state index contributed by atoms with van der Waals surface area (Å²) in [6.45, 7) is 2.07. The van der Waals surface area contributed by atoms with Gasteiger partial charge >= 0.3 is 0 Å². The van der Waals surface area contributed by atoms with E-state index in [1.165, 1.54) is 36.4 Å². The fourth-order valence-corrected chi connectivity index (χ4v) is 7.01. The Bertz CT molecular complexity index is 1670. The summed E-state index contributed by atoms with van der Waals surface area (Å²) in [6, 6.07) is 10.1. The molecule has 208 valence electrons. The molecule has 11 heteroatoms. The van der Waals surface area contributed by atoms with Crippen molar-refractivity contribution in [3.05, 3.63) is 91.5 Å². The van der Waals surface area contributed by atoms with Crippen LogP contribution in [0.3, 0.4) is 0 Å². The van der Waals surface area contributed by atoms with Crippen molar-refractivity contribution in [2.24, 2.45) is 17.8 Å². The summed E-state index contributed by atoms with van der Waals surface area (Å²) in [7, 11) is 0. The number of rotatable bonds is 5. The van der Waals surface area contributed by atoms with E-state index in [0.29, 0.717) is 17.7 Å². The monoisotopic (exact) mass is 618 g/mol. The quantitative estimate of drug-likeness (QED) is 0.167. The second kappa shape index (κ2) is 9.91. The number of amides is 2. The molecule has 4 atom stereocenters. The van der Waals surface area contributed by atoms with Crippen LogP contribution in [-0.2, 0) is 19.2 Å². The van der Waals surface area contributed by atoms with Crippen molar-refractivity contribution >= 4 is 50.7 Å². The number of phenolic OH excluding ortho intramolecular Hbond substituents is 1. The van der Waals surface area contributed by atoms with Gasteiger partial charge in [0, 0.05) is 35.3 Å². The largest absolute Gasteiger partial charge is 0.504 e. The van der Waals surface area contributed by atoms with Crippen molar-refractivity contribution in [2.45, 2.75) is 25.7 Å². The molecule has 10 nitrogen and oxygen atoms in total. The minimum atomic E-state index is -0.825. The van der Waals surface area contributed by atoms with Crippen LogP contribution in [0.2, 0.25) is 0 Å². The lowest BCUT2D eigenvalue weighted by Gasteiger charge is -2.42. The Morgan fingerprint density at radius 2 is 1.88 bits per heavy atom. The average Bonchev–Trinajstić information content (AvgIpc) is 3.21. The van der Waals surface area contributed by atoms with Gasteiger partial charge in [0.1, 0.15) is 0 Å². The maximum Gasteiger partial charge on any atom is 0.271 e. The lowest BCUT2D eigenvalue weighted by atomic mass is 9.59. The number of carbonyl (C=O) groups is 4. The number of allylic oxidation sites excluding steroid dienone is 6. The number of Topliss-reactive ketones (excluding diaryl/α,β-unsaturated/α-hetero) is 1. The highest BCUT2D eigenvalue weighted by Gasteiger charge is 2.56. The predicted octanol–water partition coefficient (Wildman–Crippen LogP) is 4.67. The van der Waals surface area contributed by atoms with E-state index in [0.717, 1.165) is 10.5 Å². The second-order valence-electron chi connectivity index (χ2n) is 10.3. The third kappa shape index (κ3) is 4.14. The molecule has 4 aliphatic rings. The van der Waals surface area contributed by atoms with Gasteiger partial charge in [-0.25, -0.2) is 4.90 Å². The Morgan fingerprint density at radius 3 is 2.61 bits per heavy atom. The molecule has 2 amide bonds. The molecule has 0 aromatic heterocycles. The van der Waals surface area contributed by atoms with Crippen LogP contribution in [0.15, 0.2) is 75.8 Å². The first kappa shape index (κ1) is 26.8. The number of aromatic hydroxyl groups is 1. The van der Waals surface area contributed by atoms with Gasteiger partial charge in [-0.1, -0.05) is 23.8 Å². The zero-order chi connectivity index (χ0) is 29.2. The number of halogens is 1. The Balaban J connectivity index is 1.47. The van der Waals surface area contributed by atoms with Crippen LogP contribution in [0, 0.1) is 27.9 Å². The van der Waals surface area contributed by atoms with Crippen molar-refractivity contribution in [3.8, 4) is 11.5 Å². The summed E-state index contributed by atoms with van der Waals surface area (Å²) in [5, 5.41) is 21.7. The molecule has 0 saturated carbocycles. The third-order valence-corrected chi connectivity index (χ3v) is 8.84. The van der Waals surface area contributed by atoms with Crippen LogP contribution >= 0.6 is 15.9 Å². The van der Waals surface area contributed by atoms with E-state index in [1.54, 1.807) is 19.1 Å². The number of hydrogen-bond acceptors (Lipinski definition) is 8. The highest BCUT2D eigenvalue weighted by atomic mass is 79.9. The van der Waals surface area contributed by atoms with E-state index >= 15 is 0 Å². The number of benzene rings is 2. The third-order valence-electron chi connectivity index (χ3n) is 8.25. The maximum absolute atomic E-state index is 14.0. The van der Waals surface area contributed by atoms with Crippen LogP contribution in [-0.4, -0.2) is 40.0 Å². The Hall–Kier alpha value is -4.38. The van der Waals surface area contributed by atoms with Crippen molar-refractivity contribution in [2.75, 3.05) is 11.5 Å². The standard InChI is InChI=1S/C30H23BrN2O8/c1-2-41-24-10-14(6-9-22(24)34)25-17-7-8-18-26(19(17)12-20-27(25)23(35)13-21(31)28(20)36)30(38)32(29(18)37)15-4-3-5-16(11-15)33(39)40/h3-7,9-11,13,18-19,25-26,34H,2,8,12H2,1H3. The molecule has 1 heterocycles. The number of phenols is 1. The molecule has 0 radical (unpaired) electrons. The summed E-state index contributed by atoms with van der Waals surface area (Å²) < 4.78 is 5.70. The molecule has 3 aliphatic carbocycles. The van der Waals surface area contributed by atoms with Crippen molar-refractivity contribution in [3.63, 3.8) is 0 Å². The van der Waals surface area contributed by atoms with Gasteiger partial charge in [-0.05, 0) is 65.4 Å². The molecule has 1 fully saturated rings. The number of ketones is 2. The summed E-state index contributed by atoms with van der Waals surface area (Å²) in [6.07, 6.45) is 3.44. The van der Waals surface area contributed by atoms with E-state index in [-0.39, 0.29) is 57.3 Å². The van der Waals surface area contributed by atoms with Crippen LogP contribution < -0.4 is 9.64 Å². The number of anilines is 1. The molecule has 2 aromatic rings. The van der Waals surface area contributed by atoms with Crippen molar-refractivity contribution in [1.29, 1.82) is 0 Å². The number of carbonyl (C=O) groups excluding carboxylic acids is 4. The first-order chi connectivity index (χ1) is 19.6. The number of hydrogen-bond donors (Lipinski definition) is 1. The van der Waals surface area contributed by atoms with E-state index in [2.05, 4.69) is 15.9 Å². The number of imide groups is 1. The van der Waals surface area contributed by atoms with E-state index in [9.17, 15) is 34.4 Å². The zero-order valence-electron chi connectivity index (χ0n) is 21.7. The molecular weight excluding hydrogens is 596 g/mol. The Morgan fingerprint density at radius 1 is 1.10 bits per heavy atom. The van der Waals surface area contributed by atoms with E-state index < -0.39 is 40.4 Å². The van der Waals surface area contributed by atoms with Crippen molar-refractivity contribution in [1.82, 2.24) is 0 Å². The lowest BCUT2D eigenvalue weighted by molar-refractivity contribution is -0.384. The topological polar surface area (TPSA) is 144 Å². The summed E-state index contributed by atoms with van der Waals surface area (Å²) in [4.78, 5) is 66.0. The Labute approximate surface area is 242 Å². The normalized spacial score (nSPS) is 25.4. The summed E-state index contributed by atoms with van der Waals surface area (Å²) in [5.74, 6) is -4.32. The predicted molar refractivity (Wildman–Crippen MR) is 149 cm³/mol. The average molecular weight is 619 g/mol. The van der Waals surface area contributed by atoms with E-state index in [1.807, 2.05) is 6.08 Å². The highest BCUT2D eigenvalue weighted by molar-refractivity contribution is 9.12. The van der Waals surface area contributed by atoms with Crippen LogP contribution in [0.5, 0.6) is 11.5 Å². The molecule has 4 unspecified atom stereocenters. The maximum atomic E-state index is 14.0. The molecule has 0 bridgehead atoms. The summed E-state index contributed by atoms with van der Waals surface area (Å²) >= 11 is 3.20. The number of fused-ring (bicyclic) bond motifs is 3. The molecule has 0 spiro atoms. The van der Waals surface area contributed by atoms with Crippen LogP contribution in [0.25, 0.3) is 0 Å². The molecule has 2 aromatic carbocycles. The van der Waals surface area contributed by atoms with Gasteiger partial charge in [-0.15, -0.1) is 0 Å². The SMILES string of the molecule is CCOc1cc(C2C3=CCC4C(=O)N(c5cccc([N+](=O)[O-])c5)C(=O)C4C3CC3=C2C(=O)C=C(Br)C3=O)ccc1O. The minimum absolute atomic E-state index is 0.0762. The number of ether oxygens (including phenoxy) is 1. The van der Waals surface area contributed by atoms with Gasteiger partial charge in [0.05, 0.1) is 33.5 Å². The molecule has 41 heavy (non-hydrogen) atoms. The number of nitro groups is 1. The highest BCUT2D eigenvalue weighted by Crippen LogP contribution is 2.56. The van der Waals surface area contributed by atoms with Crippen LogP contribution in [0.4, 0.5) is 11.4 Å². The van der Waals surface area contributed by atoms with Gasteiger partial charge in [0.25, 0.3) is 5.69 Å². The smallest absolute Gasteiger partial charge is 0.271 e. The number of nitrogens with zero attached hydrogens (tertiary/aromatic N) is 2.